The van der Waals surface area contributed by atoms with Crippen molar-refractivity contribution in [3.05, 3.63) is 67.8 Å². The minimum Gasteiger partial charge on any atom is -0.353 e. The van der Waals surface area contributed by atoms with E-state index in [0.717, 1.165) is 6.07 Å². The molecule has 0 radical (unpaired) electrons. The quantitative estimate of drug-likeness (QED) is 0.694. The Bertz CT molecular complexity index is 1050. The van der Waals surface area contributed by atoms with Crippen molar-refractivity contribution in [3.63, 3.8) is 0 Å². The zero-order valence-electron chi connectivity index (χ0n) is 11.3. The molecule has 23 heavy (non-hydrogen) atoms. The van der Waals surface area contributed by atoms with Gasteiger partial charge in [-0.05, 0) is 24.3 Å². The fourth-order valence-corrected chi connectivity index (χ4v) is 2.74. The van der Waals surface area contributed by atoms with Gasteiger partial charge in [-0.2, -0.15) is 5.26 Å². The van der Waals surface area contributed by atoms with Gasteiger partial charge in [0.1, 0.15) is 16.7 Å². The summed E-state index contributed by atoms with van der Waals surface area (Å²) in [5, 5.41) is 8.57. The Morgan fingerprint density at radius 3 is 2.57 bits per heavy atom. The summed E-state index contributed by atoms with van der Waals surface area (Å²) in [4.78, 5) is 15.0. The molecule has 0 amide bonds. The second kappa shape index (κ2) is 5.65. The van der Waals surface area contributed by atoms with Crippen molar-refractivity contribution in [1.82, 2.24) is 4.98 Å². The van der Waals surface area contributed by atoms with Crippen molar-refractivity contribution in [2.75, 3.05) is 0 Å². The first-order chi connectivity index (χ1) is 10.9. The van der Waals surface area contributed by atoms with E-state index in [1.807, 2.05) is 6.07 Å². The van der Waals surface area contributed by atoms with Crippen LogP contribution in [0.25, 0.3) is 22.2 Å². The number of pyridine rings is 1. The number of rotatable bonds is 1. The van der Waals surface area contributed by atoms with Crippen molar-refractivity contribution in [1.29, 1.82) is 5.26 Å². The number of aromatic amines is 1. The van der Waals surface area contributed by atoms with Crippen LogP contribution in [0.1, 0.15) is 5.56 Å². The summed E-state index contributed by atoms with van der Waals surface area (Å²) < 4.78 is 27.2. The van der Waals surface area contributed by atoms with Gasteiger partial charge in [0.2, 0.25) is 5.43 Å². The van der Waals surface area contributed by atoms with E-state index in [0.29, 0.717) is 17.2 Å². The molecule has 0 aliphatic carbocycles. The first-order valence-electron chi connectivity index (χ1n) is 6.33. The highest BCUT2D eigenvalue weighted by molar-refractivity contribution is 6.36. The lowest BCUT2D eigenvalue weighted by atomic mass is 10.1. The van der Waals surface area contributed by atoms with Gasteiger partial charge in [0, 0.05) is 11.6 Å². The maximum absolute atomic E-state index is 13.8. The van der Waals surface area contributed by atoms with E-state index >= 15 is 0 Å². The number of halogens is 4. The number of nitrogens with zero attached hydrogens (tertiary/aromatic N) is 1. The lowest BCUT2D eigenvalue weighted by Gasteiger charge is -2.10. The smallest absolute Gasteiger partial charge is 0.211 e. The molecule has 0 spiro atoms. The summed E-state index contributed by atoms with van der Waals surface area (Å²) in [6.45, 7) is 0. The molecule has 0 bridgehead atoms. The highest BCUT2D eigenvalue weighted by Gasteiger charge is 2.18. The molecule has 0 unspecified atom stereocenters. The Morgan fingerprint density at radius 2 is 1.87 bits per heavy atom. The van der Waals surface area contributed by atoms with Gasteiger partial charge >= 0.3 is 0 Å². The van der Waals surface area contributed by atoms with E-state index in [9.17, 15) is 13.6 Å². The minimum atomic E-state index is -1.01. The molecule has 0 fully saturated rings. The average molecular weight is 351 g/mol. The van der Waals surface area contributed by atoms with Crippen molar-refractivity contribution >= 4 is 34.1 Å². The minimum absolute atomic E-state index is 0.0506. The highest BCUT2D eigenvalue weighted by Crippen LogP contribution is 2.32. The first kappa shape index (κ1) is 15.5. The van der Waals surface area contributed by atoms with E-state index < -0.39 is 17.1 Å². The van der Waals surface area contributed by atoms with Crippen molar-refractivity contribution in [2.24, 2.45) is 0 Å². The number of aromatic nitrogens is 1. The molecule has 0 saturated heterocycles. The molecule has 7 heteroatoms. The Morgan fingerprint density at radius 1 is 1.13 bits per heavy atom. The molecule has 0 aliphatic rings. The molecular weight excluding hydrogens is 345 g/mol. The third-order valence-corrected chi connectivity index (χ3v) is 4.02. The standard InChI is InChI=1S/C16H6Cl2F2N2O/c17-10-2-1-7(6-21)3-9(10)15-14(18)16(23)13-11(20)4-8(19)5-12(13)22-15/h1-5H,(H,22,23). The Labute approximate surface area is 138 Å². The number of H-pyrrole nitrogens is 1. The molecular formula is C16H6Cl2F2N2O. The van der Waals surface area contributed by atoms with Crippen LogP contribution in [-0.4, -0.2) is 4.98 Å². The molecule has 0 aliphatic heterocycles. The predicted octanol–water partition coefficient (Wildman–Crippen LogP) is 4.65. The van der Waals surface area contributed by atoms with Gasteiger partial charge < -0.3 is 4.98 Å². The molecule has 1 aromatic heterocycles. The normalized spacial score (nSPS) is 10.7. The molecule has 3 rings (SSSR count). The summed E-state index contributed by atoms with van der Waals surface area (Å²) in [5.74, 6) is -1.85. The fourth-order valence-electron chi connectivity index (χ4n) is 2.29. The second-order valence-corrected chi connectivity index (χ2v) is 5.54. The van der Waals surface area contributed by atoms with Crippen LogP contribution in [0.5, 0.6) is 0 Å². The molecule has 3 nitrogen and oxygen atoms in total. The number of hydrogen-bond acceptors (Lipinski definition) is 2. The number of hydrogen-bond donors (Lipinski definition) is 1. The van der Waals surface area contributed by atoms with E-state index in [-0.39, 0.29) is 26.6 Å². The molecule has 1 N–H and O–H groups in total. The van der Waals surface area contributed by atoms with Gasteiger partial charge in [-0.15, -0.1) is 0 Å². The van der Waals surface area contributed by atoms with Crippen LogP contribution in [-0.2, 0) is 0 Å². The first-order valence-corrected chi connectivity index (χ1v) is 7.08. The molecule has 1 heterocycles. The lowest BCUT2D eigenvalue weighted by molar-refractivity contribution is 0.591. The molecule has 114 valence electrons. The zero-order chi connectivity index (χ0) is 16.7. The predicted molar refractivity (Wildman–Crippen MR) is 84.7 cm³/mol. The highest BCUT2D eigenvalue weighted by atomic mass is 35.5. The van der Waals surface area contributed by atoms with Crippen LogP contribution in [0.2, 0.25) is 10.0 Å². The number of nitrogens with one attached hydrogen (secondary N) is 1. The Balaban J connectivity index is 2.43. The van der Waals surface area contributed by atoms with Gasteiger partial charge in [-0.25, -0.2) is 8.78 Å². The molecule has 2 aromatic carbocycles. The van der Waals surface area contributed by atoms with Crippen LogP contribution < -0.4 is 5.43 Å². The lowest BCUT2D eigenvalue weighted by Crippen LogP contribution is -2.09. The summed E-state index contributed by atoms with van der Waals surface area (Å²) in [5.41, 5.74) is -0.154. The van der Waals surface area contributed by atoms with Crippen molar-refractivity contribution in [3.8, 4) is 17.3 Å². The van der Waals surface area contributed by atoms with Crippen LogP contribution >= 0.6 is 23.2 Å². The molecule has 3 aromatic rings. The second-order valence-electron chi connectivity index (χ2n) is 4.76. The zero-order valence-corrected chi connectivity index (χ0v) is 12.8. The summed E-state index contributed by atoms with van der Waals surface area (Å²) in [6.07, 6.45) is 0. The number of fused-ring (bicyclic) bond motifs is 1. The maximum atomic E-state index is 13.8. The summed E-state index contributed by atoms with van der Waals surface area (Å²) in [6, 6.07) is 7.94. The number of benzene rings is 2. The summed E-state index contributed by atoms with van der Waals surface area (Å²) >= 11 is 12.1. The third kappa shape index (κ3) is 2.56. The van der Waals surface area contributed by atoms with Gasteiger partial charge in [-0.3, -0.25) is 4.79 Å². The maximum Gasteiger partial charge on any atom is 0.211 e. The van der Waals surface area contributed by atoms with Gasteiger partial charge in [0.25, 0.3) is 0 Å². The van der Waals surface area contributed by atoms with E-state index in [2.05, 4.69) is 4.98 Å². The Kier molecular flexibility index (Phi) is 3.80. The van der Waals surface area contributed by atoms with E-state index in [1.165, 1.54) is 18.2 Å². The van der Waals surface area contributed by atoms with Crippen LogP contribution in [0.15, 0.2) is 35.1 Å². The van der Waals surface area contributed by atoms with E-state index in [4.69, 9.17) is 28.5 Å². The third-order valence-electron chi connectivity index (χ3n) is 3.33. The monoisotopic (exact) mass is 350 g/mol. The molecule has 0 atom stereocenters. The van der Waals surface area contributed by atoms with Crippen LogP contribution in [0.4, 0.5) is 8.78 Å². The largest absolute Gasteiger partial charge is 0.353 e. The molecule has 0 saturated carbocycles. The van der Waals surface area contributed by atoms with Crippen LogP contribution in [0, 0.1) is 23.0 Å². The van der Waals surface area contributed by atoms with Crippen molar-refractivity contribution < 1.29 is 8.78 Å². The van der Waals surface area contributed by atoms with Gasteiger partial charge in [-0.1, -0.05) is 23.2 Å². The summed E-state index contributed by atoms with van der Waals surface area (Å²) in [7, 11) is 0. The van der Waals surface area contributed by atoms with E-state index in [1.54, 1.807) is 0 Å². The number of nitriles is 1. The fraction of sp³-hybridized carbons (Fsp3) is 0. The van der Waals surface area contributed by atoms with Crippen LogP contribution in [0.3, 0.4) is 0 Å². The van der Waals surface area contributed by atoms with Gasteiger partial charge in [0.05, 0.1) is 33.3 Å². The SMILES string of the molecule is N#Cc1ccc(Cl)c(-c2[nH]c3cc(F)cc(F)c3c(=O)c2Cl)c1. The van der Waals surface area contributed by atoms with Gasteiger partial charge in [0.15, 0.2) is 0 Å². The topological polar surface area (TPSA) is 56.6 Å². The Hall–Kier alpha value is -2.42. The van der Waals surface area contributed by atoms with Crippen molar-refractivity contribution in [2.45, 2.75) is 0 Å². The average Bonchev–Trinajstić information content (AvgIpc) is 2.51.